The van der Waals surface area contributed by atoms with Crippen LogP contribution in [0.25, 0.3) is 0 Å². The predicted octanol–water partition coefficient (Wildman–Crippen LogP) is 21.3. The van der Waals surface area contributed by atoms with Crippen LogP contribution in [-0.2, 0) is 33.4 Å². The summed E-state index contributed by atoms with van der Waals surface area (Å²) in [5.74, 6) is -4.92. The molecule has 10 aromatic carbocycles. The minimum atomic E-state index is -1.27. The van der Waals surface area contributed by atoms with Crippen molar-refractivity contribution in [1.29, 1.82) is 0 Å². The number of hydrogen-bond acceptors (Lipinski definition) is 20. The third-order valence-corrected chi connectivity index (χ3v) is 22.1. The molecule has 2 aliphatic rings. The number of aromatic nitrogens is 4. The number of nitrogen functional groups attached to an aromatic ring is 1. The van der Waals surface area contributed by atoms with E-state index >= 15 is 0 Å². The molecule has 3 amide bonds. The molecule has 0 saturated heterocycles. The number of esters is 3. The number of methoxy groups -OCH3 is 3. The van der Waals surface area contributed by atoms with Gasteiger partial charge in [-0.05, 0) is 190 Å². The second kappa shape index (κ2) is 49.4. The van der Waals surface area contributed by atoms with Crippen LogP contribution in [0.15, 0.2) is 341 Å². The maximum absolute atomic E-state index is 14.1. The van der Waals surface area contributed by atoms with Crippen LogP contribution >= 0.6 is 59.4 Å². The summed E-state index contributed by atoms with van der Waals surface area (Å²) in [6, 6.07) is 97.7. The summed E-state index contributed by atoms with van der Waals surface area (Å²) in [5, 5.41) is 15.7. The average Bonchev–Trinajstić information content (AvgIpc) is 1.74. The van der Waals surface area contributed by atoms with Gasteiger partial charge in [0.05, 0.1) is 92.3 Å². The Balaban J connectivity index is 0.000000161. The van der Waals surface area contributed by atoms with Crippen LogP contribution in [0, 0.1) is 11.6 Å². The number of nitrogens with two attached hydrogens (primary N) is 1. The maximum Gasteiger partial charge on any atom is 0.358 e. The van der Waals surface area contributed by atoms with Crippen LogP contribution in [-0.4, -0.2) is 134 Å². The number of hydrogen-bond donors (Lipinski definition) is 4. The van der Waals surface area contributed by atoms with Crippen molar-refractivity contribution < 1.29 is 75.9 Å². The van der Waals surface area contributed by atoms with Gasteiger partial charge in [0.2, 0.25) is 23.0 Å². The zero-order valence-corrected chi connectivity index (χ0v) is 78.0. The molecule has 24 nitrogen and oxygen atoms in total. The number of nitrogens with one attached hydrogen (secondary N) is 2. The molecule has 0 spiro atoms. The molecule has 6 heterocycles. The quantitative estimate of drug-likeness (QED) is 0.0238. The Morgan fingerprint density at radius 1 is 0.436 bits per heavy atom. The van der Waals surface area contributed by atoms with Crippen LogP contribution < -0.4 is 40.5 Å². The highest BCUT2D eigenvalue weighted by atomic mass is 79.9. The molecule has 0 unspecified atom stereocenters. The van der Waals surface area contributed by atoms with Gasteiger partial charge in [0.1, 0.15) is 42.8 Å². The number of carbonyl (C=O) groups excluding carboxylic acids is 7. The van der Waals surface area contributed by atoms with Gasteiger partial charge in [-0.25, -0.2) is 47.9 Å². The van der Waals surface area contributed by atoms with Crippen molar-refractivity contribution in [3.8, 4) is 11.5 Å². The first kappa shape index (κ1) is 98.9. The number of pyridine rings is 4. The number of benzene rings is 10. The summed E-state index contributed by atoms with van der Waals surface area (Å²) in [5.41, 5.74) is 14.7. The van der Waals surface area contributed by atoms with E-state index in [9.17, 15) is 52.2 Å². The van der Waals surface area contributed by atoms with Gasteiger partial charge in [0.15, 0.2) is 22.8 Å². The zero-order valence-electron chi connectivity index (χ0n) is 72.5. The van der Waals surface area contributed by atoms with Crippen LogP contribution in [0.2, 0.25) is 0 Å². The highest BCUT2D eigenvalue weighted by Crippen LogP contribution is 2.40. The smallest absolute Gasteiger partial charge is 0.358 e. The predicted molar refractivity (Wildman–Crippen MR) is 519 cm³/mol. The average molecular weight is 2010 g/mol. The zero-order chi connectivity index (χ0) is 94.9. The number of nitrogens with zero attached hydrogens (tertiary/aromatic N) is 7. The standard InChI is InChI=1S/C30H26FN3O4.C22H19BrN2O3.C21H17BrN2O3.C14H11ClO.C9H10FNO.C7H7BrN2O2/c1-33(29(35)27(20-9-4-2-5-10-20)21-11-6-3-7-12-21)23-14-16-26(32-28(23)30(36)37)34-17-8-18-38-25-15-13-22(31)19-24(25)34;1-25(17-13-14-18(23)24-20(17)22(27)28-2)21(26)19(15-9-5-3-6-10-15)16-11-7-4-8-12-16;1-27-21(26)19-16(12-13-17(22)24-19)23-20(25)18(14-8-4-2-5-9-14)15-10-6-3-7-11-15;15-14(16)13(11-7-3-1-4-8-11)12-9-5-2-6-10-12;10-7-2-3-9-8(6-7)11-4-1-5-12-9;1-12-7(11)6-4(9)2-3-5(8)10-6/h2-7,9-16,19,27H,8,17-18H2,1H3,(H,36,37);3-14,19H,1-2H3;2-13,18H,1H3,(H,23,25);1-10,13H;2-3,6,11H,1,4-5H2;2-3H,9H2,1H3. The topological polar surface area (TPSA) is 314 Å². The lowest BCUT2D eigenvalue weighted by atomic mass is 9.90. The molecule has 2 aliphatic heterocycles. The molecule has 30 heteroatoms. The van der Waals surface area contributed by atoms with Crippen LogP contribution in [0.5, 0.6) is 11.5 Å². The Kier molecular flexibility index (Phi) is 36.7. The van der Waals surface area contributed by atoms with Gasteiger partial charge >= 0.3 is 23.9 Å². The molecule has 0 fully saturated rings. The maximum atomic E-state index is 14.1. The SMILES string of the molecule is CN(C(=O)C(c1ccccc1)c1ccccc1)c1ccc(N2CCCOc3ccc(F)cc32)nc1C(=O)O.COC(=O)c1nc(Br)ccc1N.COC(=O)c1nc(Br)ccc1N(C)C(=O)C(c1ccccc1)c1ccccc1.COC(=O)c1nc(Br)ccc1NC(=O)C(c1ccccc1)c1ccccc1.Fc1ccc2c(c1)NCCCO2.O=C(Cl)C(c1ccccc1)c1ccccc1. The first-order valence-electron chi connectivity index (χ1n) is 41.4. The molecule has 14 aromatic rings. The third-order valence-electron chi connectivity index (χ3n) is 20.6. The molecule has 678 valence electrons. The van der Waals surface area contributed by atoms with E-state index in [1.807, 2.05) is 243 Å². The molecule has 4 aromatic heterocycles. The summed E-state index contributed by atoms with van der Waals surface area (Å²) >= 11 is 15.3. The second-order valence-electron chi connectivity index (χ2n) is 29.3. The third kappa shape index (κ3) is 27.0. The fraction of sp³-hybridized carbons (Fsp3) is 0.146. The number of anilines is 7. The molecule has 16 rings (SSSR count). The number of halogens is 6. The van der Waals surface area contributed by atoms with E-state index in [4.69, 9.17) is 36.3 Å². The fourth-order valence-electron chi connectivity index (χ4n) is 14.2. The lowest BCUT2D eigenvalue weighted by Gasteiger charge is -2.27. The first-order valence-corrected chi connectivity index (χ1v) is 44.2. The Morgan fingerprint density at radius 2 is 0.797 bits per heavy atom. The summed E-state index contributed by atoms with van der Waals surface area (Å²) in [4.78, 5) is 121. The lowest BCUT2D eigenvalue weighted by molar-refractivity contribution is -0.119. The fourth-order valence-corrected chi connectivity index (χ4v) is 15.4. The van der Waals surface area contributed by atoms with Gasteiger partial charge in [-0.1, -0.05) is 243 Å². The first-order chi connectivity index (χ1) is 64.4. The van der Waals surface area contributed by atoms with Gasteiger partial charge in [-0.15, -0.1) is 0 Å². The molecule has 133 heavy (non-hydrogen) atoms. The van der Waals surface area contributed by atoms with Gasteiger partial charge in [-0.3, -0.25) is 19.2 Å². The lowest BCUT2D eigenvalue weighted by Crippen LogP contribution is -2.34. The van der Waals surface area contributed by atoms with E-state index in [0.717, 1.165) is 68.9 Å². The largest absolute Gasteiger partial charge is 0.491 e. The Hall–Kier alpha value is -14.7. The highest BCUT2D eigenvalue weighted by Gasteiger charge is 2.34. The minimum Gasteiger partial charge on any atom is -0.491 e. The number of rotatable bonds is 20. The molecule has 0 aliphatic carbocycles. The van der Waals surface area contributed by atoms with Crippen LogP contribution in [0.1, 0.15) is 123 Å². The number of carboxylic acid groups (broad SMARTS) is 1. The molecule has 0 saturated carbocycles. The van der Waals surface area contributed by atoms with E-state index in [0.29, 0.717) is 74.3 Å². The Morgan fingerprint density at radius 3 is 1.24 bits per heavy atom. The van der Waals surface area contributed by atoms with Crippen LogP contribution in [0.4, 0.5) is 48.7 Å². The van der Waals surface area contributed by atoms with Crippen molar-refractivity contribution in [2.24, 2.45) is 0 Å². The number of carbonyl (C=O) groups is 8. The summed E-state index contributed by atoms with van der Waals surface area (Å²) in [6.07, 6.45) is 1.59. The molecular formula is C103H90Br3ClF2N10O14. The van der Waals surface area contributed by atoms with Crippen molar-refractivity contribution in [1.82, 2.24) is 19.9 Å². The number of ether oxygens (including phenoxy) is 5. The minimum absolute atomic E-state index is 0.0418. The van der Waals surface area contributed by atoms with E-state index in [1.54, 1.807) is 79.7 Å². The van der Waals surface area contributed by atoms with Gasteiger partial charge < -0.3 is 59.9 Å². The van der Waals surface area contributed by atoms with Crippen molar-refractivity contribution >= 4 is 146 Å². The van der Waals surface area contributed by atoms with Crippen molar-refractivity contribution in [2.45, 2.75) is 36.5 Å². The second-order valence-corrected chi connectivity index (χ2v) is 32.1. The van der Waals surface area contributed by atoms with Crippen molar-refractivity contribution in [3.05, 3.63) is 420 Å². The monoisotopic (exact) mass is 2000 g/mol. The number of likely N-dealkylation sites (N-methyl/N-ethyl adjacent to an activating group) is 2. The Labute approximate surface area is 797 Å². The van der Waals surface area contributed by atoms with E-state index in [2.05, 4.69) is 83.1 Å². The van der Waals surface area contributed by atoms with Gasteiger partial charge in [0.25, 0.3) is 0 Å². The normalized spacial score (nSPS) is 11.5. The number of fused-ring (bicyclic) bond motifs is 2. The van der Waals surface area contributed by atoms with E-state index in [1.165, 1.54) is 55.4 Å². The van der Waals surface area contributed by atoms with Crippen molar-refractivity contribution in [2.75, 3.05) is 92.8 Å². The van der Waals surface area contributed by atoms with E-state index in [-0.39, 0.29) is 63.2 Å². The number of carboxylic acids is 1. The molecule has 0 bridgehead atoms. The summed E-state index contributed by atoms with van der Waals surface area (Å²) < 4.78 is 53.5. The summed E-state index contributed by atoms with van der Waals surface area (Å²) in [6.45, 7) is 2.44. The highest BCUT2D eigenvalue weighted by molar-refractivity contribution is 9.11. The summed E-state index contributed by atoms with van der Waals surface area (Å²) in [7, 11) is 7.03. The van der Waals surface area contributed by atoms with Gasteiger partial charge in [-0.2, -0.15) is 0 Å². The molecule has 0 radical (unpaired) electrons. The molecular weight excluding hydrogens is 1910 g/mol. The van der Waals surface area contributed by atoms with E-state index < -0.39 is 47.4 Å². The Bertz CT molecular complexity index is 6150. The molecule has 5 N–H and O–H groups in total. The number of aromatic carboxylic acids is 1. The molecule has 0 atom stereocenters. The van der Waals surface area contributed by atoms with Crippen molar-refractivity contribution in [3.63, 3.8) is 0 Å². The van der Waals surface area contributed by atoms with Gasteiger partial charge in [0, 0.05) is 39.3 Å². The number of amides is 3. The van der Waals surface area contributed by atoms with Crippen LogP contribution in [0.3, 0.4) is 0 Å².